The lowest BCUT2D eigenvalue weighted by molar-refractivity contribution is -0.188. The molecule has 0 amide bonds. The van der Waals surface area contributed by atoms with Crippen LogP contribution in [0.1, 0.15) is 66.8 Å². The van der Waals surface area contributed by atoms with E-state index in [2.05, 4.69) is 12.1 Å². The third-order valence-corrected chi connectivity index (χ3v) is 8.44. The number of rotatable bonds is 6. The number of ether oxygens (including phenoxy) is 1. The lowest BCUT2D eigenvalue weighted by Gasteiger charge is -2.55. The molecule has 2 aromatic rings. The number of benzene rings is 2. The maximum absolute atomic E-state index is 13.5. The van der Waals surface area contributed by atoms with E-state index in [9.17, 15) is 9.59 Å². The molecule has 0 heterocycles. The average molecular weight is 415 g/mol. The minimum atomic E-state index is -0.219. The molecule has 0 aliphatic heterocycles. The second-order valence-electron chi connectivity index (χ2n) is 10.6. The SMILES string of the molecule is O=C(C[C@H]1[C@H](C(=O)OC23CC4CC(CC(C4)C2)C3)[C@@H]1c1ccccc1)c1ccccc1. The Morgan fingerprint density at radius 3 is 1.94 bits per heavy atom. The molecule has 0 spiro atoms. The van der Waals surface area contributed by atoms with E-state index in [4.69, 9.17) is 4.74 Å². The Balaban J connectivity index is 1.21. The zero-order valence-corrected chi connectivity index (χ0v) is 17.9. The van der Waals surface area contributed by atoms with Gasteiger partial charge in [0.15, 0.2) is 5.78 Å². The predicted octanol–water partition coefficient (Wildman–Crippen LogP) is 5.80. The molecule has 3 heteroatoms. The summed E-state index contributed by atoms with van der Waals surface area (Å²) in [5, 5.41) is 0. The van der Waals surface area contributed by atoms with Crippen molar-refractivity contribution in [1.29, 1.82) is 0 Å². The molecule has 160 valence electrons. The number of Topliss-reactive ketones (excluding diaryl/α,β-unsaturated/α-hetero) is 1. The summed E-state index contributed by atoms with van der Waals surface area (Å²) in [6.45, 7) is 0. The Labute approximate surface area is 184 Å². The number of ketones is 1. The standard InChI is InChI=1S/C28H30O3/c29-24(21-7-3-1-4-8-21)14-23-25(22-9-5-2-6-10-22)26(23)27(30)31-28-15-18-11-19(16-28)13-20(12-18)17-28/h1-10,18-20,23,25-26H,11-17H2/t18?,19?,20?,23-,25-,26+,28?/m1/s1. The monoisotopic (exact) mass is 414 g/mol. The molecule has 7 rings (SSSR count). The van der Waals surface area contributed by atoms with Crippen molar-refractivity contribution in [1.82, 2.24) is 0 Å². The molecule has 5 fully saturated rings. The van der Waals surface area contributed by atoms with Gasteiger partial charge in [-0.2, -0.15) is 0 Å². The zero-order chi connectivity index (χ0) is 21.0. The third kappa shape index (κ3) is 3.52. The van der Waals surface area contributed by atoms with Crippen molar-refractivity contribution in [2.75, 3.05) is 0 Å². The first-order valence-corrected chi connectivity index (χ1v) is 12.0. The molecular weight excluding hydrogens is 384 g/mol. The molecule has 2 aromatic carbocycles. The summed E-state index contributed by atoms with van der Waals surface area (Å²) in [5.41, 5.74) is 1.67. The van der Waals surface area contributed by atoms with Gasteiger partial charge >= 0.3 is 5.97 Å². The Hall–Kier alpha value is -2.42. The van der Waals surface area contributed by atoms with E-state index >= 15 is 0 Å². The van der Waals surface area contributed by atoms with E-state index in [1.54, 1.807) is 0 Å². The first-order valence-electron chi connectivity index (χ1n) is 12.0. The van der Waals surface area contributed by atoms with Gasteiger partial charge in [0.2, 0.25) is 0 Å². The molecule has 5 saturated carbocycles. The van der Waals surface area contributed by atoms with Crippen LogP contribution in [0.3, 0.4) is 0 Å². The van der Waals surface area contributed by atoms with Crippen molar-refractivity contribution in [3.8, 4) is 0 Å². The smallest absolute Gasteiger partial charge is 0.310 e. The van der Waals surface area contributed by atoms with Crippen LogP contribution in [0.25, 0.3) is 0 Å². The molecule has 0 aromatic heterocycles. The third-order valence-electron chi connectivity index (χ3n) is 8.44. The largest absolute Gasteiger partial charge is 0.459 e. The van der Waals surface area contributed by atoms with Crippen LogP contribution in [0.2, 0.25) is 0 Å². The van der Waals surface area contributed by atoms with Crippen molar-refractivity contribution in [2.45, 2.75) is 56.5 Å². The molecule has 5 aliphatic carbocycles. The van der Waals surface area contributed by atoms with Crippen molar-refractivity contribution >= 4 is 11.8 Å². The predicted molar refractivity (Wildman–Crippen MR) is 119 cm³/mol. The van der Waals surface area contributed by atoms with Gasteiger partial charge < -0.3 is 4.74 Å². The molecule has 3 nitrogen and oxygen atoms in total. The summed E-state index contributed by atoms with van der Waals surface area (Å²) in [6.07, 6.45) is 7.58. The van der Waals surface area contributed by atoms with Gasteiger partial charge in [-0.25, -0.2) is 0 Å². The summed E-state index contributed by atoms with van der Waals surface area (Å²) in [7, 11) is 0. The van der Waals surface area contributed by atoms with Crippen LogP contribution < -0.4 is 0 Å². The molecule has 0 unspecified atom stereocenters. The van der Waals surface area contributed by atoms with E-state index in [1.807, 2.05) is 48.5 Å². The van der Waals surface area contributed by atoms with Gasteiger partial charge in [-0.15, -0.1) is 0 Å². The number of carbonyl (C=O) groups excluding carboxylic acids is 2. The maximum Gasteiger partial charge on any atom is 0.310 e. The van der Waals surface area contributed by atoms with Gasteiger partial charge in [-0.05, 0) is 67.8 Å². The highest BCUT2D eigenvalue weighted by Crippen LogP contribution is 2.60. The molecule has 0 N–H and O–H groups in total. The number of carbonyl (C=O) groups is 2. The van der Waals surface area contributed by atoms with Crippen LogP contribution >= 0.6 is 0 Å². The second kappa shape index (κ2) is 7.32. The van der Waals surface area contributed by atoms with E-state index in [1.165, 1.54) is 19.3 Å². The minimum absolute atomic E-state index is 0.0384. The van der Waals surface area contributed by atoms with E-state index in [0.717, 1.165) is 48.1 Å². The quantitative estimate of drug-likeness (QED) is 0.443. The number of esters is 1. The summed E-state index contributed by atoms with van der Waals surface area (Å²) < 4.78 is 6.39. The van der Waals surface area contributed by atoms with Crippen LogP contribution in [-0.2, 0) is 9.53 Å². The first kappa shape index (κ1) is 19.3. The van der Waals surface area contributed by atoms with Gasteiger partial charge in [0.05, 0.1) is 5.92 Å². The van der Waals surface area contributed by atoms with Crippen LogP contribution in [0.4, 0.5) is 0 Å². The van der Waals surface area contributed by atoms with E-state index in [-0.39, 0.29) is 35.1 Å². The number of hydrogen-bond donors (Lipinski definition) is 0. The fourth-order valence-corrected chi connectivity index (χ4v) is 7.47. The topological polar surface area (TPSA) is 43.4 Å². The molecule has 0 saturated heterocycles. The Kier molecular flexibility index (Phi) is 4.55. The normalized spacial score (nSPS) is 37.4. The van der Waals surface area contributed by atoms with Crippen molar-refractivity contribution in [3.05, 3.63) is 71.8 Å². The van der Waals surface area contributed by atoms with Crippen LogP contribution in [0.5, 0.6) is 0 Å². The Morgan fingerprint density at radius 1 is 0.806 bits per heavy atom. The molecule has 3 atom stereocenters. The van der Waals surface area contributed by atoms with Crippen LogP contribution in [0.15, 0.2) is 60.7 Å². The molecule has 0 radical (unpaired) electrons. The van der Waals surface area contributed by atoms with Crippen molar-refractivity contribution < 1.29 is 14.3 Å². The summed E-state index contributed by atoms with van der Waals surface area (Å²) in [6, 6.07) is 19.7. The molecule has 31 heavy (non-hydrogen) atoms. The zero-order valence-electron chi connectivity index (χ0n) is 17.9. The number of hydrogen-bond acceptors (Lipinski definition) is 3. The van der Waals surface area contributed by atoms with Gasteiger partial charge in [-0.3, -0.25) is 9.59 Å². The average Bonchev–Trinajstić information content (AvgIpc) is 3.47. The van der Waals surface area contributed by atoms with Gasteiger partial charge in [0, 0.05) is 17.9 Å². The summed E-state index contributed by atoms with van der Waals surface area (Å²) in [5.74, 6) is 2.25. The molecule has 5 aliphatic rings. The minimum Gasteiger partial charge on any atom is -0.459 e. The second-order valence-corrected chi connectivity index (χ2v) is 10.6. The highest BCUT2D eigenvalue weighted by atomic mass is 16.6. The fraction of sp³-hybridized carbons (Fsp3) is 0.500. The van der Waals surface area contributed by atoms with Crippen LogP contribution in [-0.4, -0.2) is 17.4 Å². The first-order chi connectivity index (χ1) is 15.1. The lowest BCUT2D eigenvalue weighted by Crippen LogP contribution is -2.53. The van der Waals surface area contributed by atoms with Gasteiger partial charge in [0.1, 0.15) is 5.60 Å². The highest BCUT2D eigenvalue weighted by Gasteiger charge is 2.60. The fourth-order valence-electron chi connectivity index (χ4n) is 7.47. The lowest BCUT2D eigenvalue weighted by atomic mass is 9.54. The van der Waals surface area contributed by atoms with E-state index < -0.39 is 0 Å². The Morgan fingerprint density at radius 2 is 1.35 bits per heavy atom. The summed E-state index contributed by atoms with van der Waals surface area (Å²) in [4.78, 5) is 26.4. The maximum atomic E-state index is 13.5. The van der Waals surface area contributed by atoms with Crippen molar-refractivity contribution in [2.24, 2.45) is 29.6 Å². The van der Waals surface area contributed by atoms with Gasteiger partial charge in [0.25, 0.3) is 0 Å². The molecular formula is C28H30O3. The van der Waals surface area contributed by atoms with E-state index in [0.29, 0.717) is 6.42 Å². The van der Waals surface area contributed by atoms with Crippen LogP contribution in [0, 0.1) is 29.6 Å². The molecule has 4 bridgehead atoms. The van der Waals surface area contributed by atoms with Crippen molar-refractivity contribution in [3.63, 3.8) is 0 Å². The Bertz CT molecular complexity index is 945. The van der Waals surface area contributed by atoms with Gasteiger partial charge in [-0.1, -0.05) is 60.7 Å². The highest BCUT2D eigenvalue weighted by molar-refractivity contribution is 5.97. The summed E-state index contributed by atoms with van der Waals surface area (Å²) >= 11 is 0.